The van der Waals surface area contributed by atoms with Crippen molar-refractivity contribution in [3.63, 3.8) is 0 Å². The summed E-state index contributed by atoms with van der Waals surface area (Å²) in [4.78, 5) is 21.7. The highest BCUT2D eigenvalue weighted by molar-refractivity contribution is 8.00. The zero-order valence-corrected chi connectivity index (χ0v) is 9.11. The van der Waals surface area contributed by atoms with Crippen LogP contribution in [0, 0.1) is 10.1 Å². The minimum absolute atomic E-state index is 0.0180. The largest absolute Gasteiger partial charge is 0.457 e. The smallest absolute Gasteiger partial charge is 0.345 e. The Hall–Kier alpha value is -1.56. The molecule has 1 saturated heterocycles. The van der Waals surface area contributed by atoms with E-state index in [9.17, 15) is 14.9 Å². The molecule has 1 fully saturated rings. The lowest BCUT2D eigenvalue weighted by atomic mass is 10.2. The molecular formula is C10H9NO4S. The maximum atomic E-state index is 11.6. The second kappa shape index (κ2) is 4.52. The summed E-state index contributed by atoms with van der Waals surface area (Å²) < 4.78 is 5.10. The first kappa shape index (κ1) is 10.9. The Kier molecular flexibility index (Phi) is 3.09. The monoisotopic (exact) mass is 239 g/mol. The summed E-state index contributed by atoms with van der Waals surface area (Å²) in [6.07, 6.45) is -0.0997. The van der Waals surface area contributed by atoms with Crippen LogP contribution in [0.4, 0.5) is 5.69 Å². The SMILES string of the molecule is O=C(OC1CSC1)c1ccccc1[N+](=O)[O-]. The lowest BCUT2D eigenvalue weighted by Crippen LogP contribution is -2.30. The molecule has 0 aromatic heterocycles. The van der Waals surface area contributed by atoms with Gasteiger partial charge in [0, 0.05) is 17.6 Å². The third-order valence-electron chi connectivity index (χ3n) is 2.20. The third kappa shape index (κ3) is 2.16. The molecule has 0 unspecified atom stereocenters. The number of nitrogens with zero attached hydrogens (tertiary/aromatic N) is 1. The summed E-state index contributed by atoms with van der Waals surface area (Å²) in [7, 11) is 0. The van der Waals surface area contributed by atoms with E-state index in [1.54, 1.807) is 17.8 Å². The van der Waals surface area contributed by atoms with Crippen LogP contribution in [0.25, 0.3) is 0 Å². The van der Waals surface area contributed by atoms with E-state index >= 15 is 0 Å². The third-order valence-corrected chi connectivity index (χ3v) is 3.42. The van der Waals surface area contributed by atoms with Crippen LogP contribution in [-0.2, 0) is 4.74 Å². The van der Waals surface area contributed by atoms with Crippen LogP contribution in [0.1, 0.15) is 10.4 Å². The predicted molar refractivity (Wildman–Crippen MR) is 59.6 cm³/mol. The van der Waals surface area contributed by atoms with E-state index in [1.807, 2.05) is 0 Å². The minimum Gasteiger partial charge on any atom is -0.457 e. The average molecular weight is 239 g/mol. The number of ether oxygens (including phenoxy) is 1. The van der Waals surface area contributed by atoms with E-state index in [0.29, 0.717) is 0 Å². The summed E-state index contributed by atoms with van der Waals surface area (Å²) >= 11 is 1.68. The van der Waals surface area contributed by atoms with Gasteiger partial charge < -0.3 is 4.74 Å². The van der Waals surface area contributed by atoms with Gasteiger partial charge in [0.05, 0.1) is 4.92 Å². The van der Waals surface area contributed by atoms with Crippen molar-refractivity contribution in [2.24, 2.45) is 0 Å². The van der Waals surface area contributed by atoms with E-state index in [4.69, 9.17) is 4.74 Å². The fourth-order valence-corrected chi connectivity index (χ4v) is 1.87. The van der Waals surface area contributed by atoms with Crippen LogP contribution in [0.3, 0.4) is 0 Å². The first-order valence-corrected chi connectivity index (χ1v) is 5.86. The zero-order chi connectivity index (χ0) is 11.5. The fraction of sp³-hybridized carbons (Fsp3) is 0.300. The van der Waals surface area contributed by atoms with Crippen LogP contribution < -0.4 is 0 Å². The predicted octanol–water partition coefficient (Wildman–Crippen LogP) is 1.87. The number of nitro benzene ring substituents is 1. The lowest BCUT2D eigenvalue weighted by Gasteiger charge is -2.24. The number of esters is 1. The number of hydrogen-bond acceptors (Lipinski definition) is 5. The van der Waals surface area contributed by atoms with Crippen LogP contribution >= 0.6 is 11.8 Å². The highest BCUT2D eigenvalue weighted by Crippen LogP contribution is 2.24. The molecule has 6 heteroatoms. The average Bonchev–Trinajstić information content (AvgIpc) is 2.23. The molecule has 16 heavy (non-hydrogen) atoms. The Bertz CT molecular complexity index is 431. The number of thioether (sulfide) groups is 1. The number of hydrogen-bond donors (Lipinski definition) is 0. The zero-order valence-electron chi connectivity index (χ0n) is 8.29. The molecule has 0 saturated carbocycles. The van der Waals surface area contributed by atoms with Gasteiger partial charge in [-0.25, -0.2) is 4.79 Å². The van der Waals surface area contributed by atoms with Crippen molar-refractivity contribution >= 4 is 23.4 Å². The van der Waals surface area contributed by atoms with Crippen molar-refractivity contribution in [2.75, 3.05) is 11.5 Å². The molecule has 84 valence electrons. The first-order valence-electron chi connectivity index (χ1n) is 4.70. The molecule has 0 spiro atoms. The Balaban J connectivity index is 2.18. The van der Waals surface area contributed by atoms with E-state index in [1.165, 1.54) is 18.2 Å². The molecule has 1 aromatic rings. The summed E-state index contributed by atoms with van der Waals surface area (Å²) in [5.41, 5.74) is -0.191. The Labute approximate surface area is 95.9 Å². The normalized spacial score (nSPS) is 15.2. The summed E-state index contributed by atoms with van der Waals surface area (Å²) in [5, 5.41) is 10.7. The van der Waals surface area contributed by atoms with Crippen molar-refractivity contribution < 1.29 is 14.5 Å². The standard InChI is InChI=1S/C10H9NO4S/c12-10(15-7-5-16-6-7)8-3-1-2-4-9(8)11(13)14/h1-4,7H,5-6H2. The number of benzene rings is 1. The Morgan fingerprint density at radius 1 is 1.44 bits per heavy atom. The van der Waals surface area contributed by atoms with E-state index in [0.717, 1.165) is 11.5 Å². The van der Waals surface area contributed by atoms with Crippen LogP contribution in [-0.4, -0.2) is 28.5 Å². The van der Waals surface area contributed by atoms with Crippen molar-refractivity contribution in [1.29, 1.82) is 0 Å². The van der Waals surface area contributed by atoms with Crippen LogP contribution in [0.5, 0.6) is 0 Å². The van der Waals surface area contributed by atoms with Gasteiger partial charge in [0.1, 0.15) is 11.7 Å². The van der Waals surface area contributed by atoms with Crippen LogP contribution in [0.15, 0.2) is 24.3 Å². The molecule has 1 aromatic carbocycles. The van der Waals surface area contributed by atoms with Gasteiger partial charge >= 0.3 is 5.97 Å². The van der Waals surface area contributed by atoms with Crippen molar-refractivity contribution in [2.45, 2.75) is 6.10 Å². The molecule has 0 radical (unpaired) electrons. The van der Waals surface area contributed by atoms with Gasteiger partial charge in [-0.2, -0.15) is 11.8 Å². The molecule has 0 N–H and O–H groups in total. The van der Waals surface area contributed by atoms with Gasteiger partial charge in [-0.3, -0.25) is 10.1 Å². The fourth-order valence-electron chi connectivity index (χ4n) is 1.30. The maximum Gasteiger partial charge on any atom is 0.345 e. The second-order valence-electron chi connectivity index (χ2n) is 3.34. The summed E-state index contributed by atoms with van der Waals surface area (Å²) in [6.45, 7) is 0. The molecule has 0 atom stereocenters. The summed E-state index contributed by atoms with van der Waals surface area (Å²) in [6, 6.07) is 5.81. The quantitative estimate of drug-likeness (QED) is 0.457. The molecule has 2 rings (SSSR count). The highest BCUT2D eigenvalue weighted by atomic mass is 32.2. The number of nitro groups is 1. The van der Waals surface area contributed by atoms with E-state index in [-0.39, 0.29) is 17.4 Å². The van der Waals surface area contributed by atoms with Gasteiger partial charge in [-0.05, 0) is 6.07 Å². The van der Waals surface area contributed by atoms with Gasteiger partial charge in [0.15, 0.2) is 0 Å². The molecule has 1 heterocycles. The van der Waals surface area contributed by atoms with Crippen molar-refractivity contribution in [3.8, 4) is 0 Å². The Morgan fingerprint density at radius 3 is 2.69 bits per heavy atom. The number of rotatable bonds is 3. The van der Waals surface area contributed by atoms with Gasteiger partial charge in [0.2, 0.25) is 0 Å². The minimum atomic E-state index is -0.613. The van der Waals surface area contributed by atoms with E-state index in [2.05, 4.69) is 0 Å². The molecule has 0 aliphatic carbocycles. The van der Waals surface area contributed by atoms with Gasteiger partial charge in [-0.15, -0.1) is 0 Å². The number of para-hydroxylation sites is 1. The van der Waals surface area contributed by atoms with Crippen molar-refractivity contribution in [3.05, 3.63) is 39.9 Å². The van der Waals surface area contributed by atoms with E-state index < -0.39 is 10.9 Å². The van der Waals surface area contributed by atoms with Crippen molar-refractivity contribution in [1.82, 2.24) is 0 Å². The molecule has 5 nitrogen and oxygen atoms in total. The summed E-state index contributed by atoms with van der Waals surface area (Å²) in [5.74, 6) is 0.927. The molecule has 0 amide bonds. The first-order chi connectivity index (χ1) is 7.68. The molecular weight excluding hydrogens is 230 g/mol. The van der Waals surface area contributed by atoms with Gasteiger partial charge in [-0.1, -0.05) is 12.1 Å². The number of carbonyl (C=O) groups is 1. The van der Waals surface area contributed by atoms with Gasteiger partial charge in [0.25, 0.3) is 5.69 Å². The molecule has 1 aliphatic rings. The maximum absolute atomic E-state index is 11.6. The Morgan fingerprint density at radius 2 is 2.12 bits per heavy atom. The molecule has 0 bridgehead atoms. The lowest BCUT2D eigenvalue weighted by molar-refractivity contribution is -0.385. The number of carbonyl (C=O) groups excluding carboxylic acids is 1. The van der Waals surface area contributed by atoms with Crippen LogP contribution in [0.2, 0.25) is 0 Å². The topological polar surface area (TPSA) is 69.4 Å². The molecule has 1 aliphatic heterocycles. The highest BCUT2D eigenvalue weighted by Gasteiger charge is 2.26. The second-order valence-corrected chi connectivity index (χ2v) is 4.41.